The lowest BCUT2D eigenvalue weighted by molar-refractivity contribution is 0.400. The summed E-state index contributed by atoms with van der Waals surface area (Å²) < 4.78 is 0. The predicted octanol–water partition coefficient (Wildman–Crippen LogP) is 2.45. The van der Waals surface area contributed by atoms with Crippen LogP contribution in [0.25, 0.3) is 0 Å². The van der Waals surface area contributed by atoms with Crippen LogP contribution in [0.1, 0.15) is 31.0 Å². The molecule has 0 N–H and O–H groups in total. The van der Waals surface area contributed by atoms with Crippen molar-refractivity contribution in [2.24, 2.45) is 0 Å². The molecule has 3 nitrogen and oxygen atoms in total. The van der Waals surface area contributed by atoms with E-state index in [1.165, 1.54) is 6.42 Å². The Hall–Kier alpha value is -0.410. The lowest BCUT2D eigenvalue weighted by Gasteiger charge is -2.23. The highest BCUT2D eigenvalue weighted by atomic mass is 35.5. The molecule has 0 bridgehead atoms. The van der Waals surface area contributed by atoms with E-state index in [4.69, 9.17) is 23.2 Å². The normalized spacial score (nSPS) is 17.5. The van der Waals surface area contributed by atoms with Crippen molar-refractivity contribution in [2.75, 3.05) is 0 Å². The van der Waals surface area contributed by atoms with E-state index in [0.717, 1.165) is 18.7 Å². The van der Waals surface area contributed by atoms with Gasteiger partial charge in [-0.3, -0.25) is 0 Å². The molecule has 1 saturated carbocycles. The van der Waals surface area contributed by atoms with Gasteiger partial charge in [-0.05, 0) is 36.0 Å². The fraction of sp³-hybridized carbons (Fsp3) is 0.571. The van der Waals surface area contributed by atoms with Crippen LogP contribution < -0.4 is 0 Å². The van der Waals surface area contributed by atoms with Crippen LogP contribution in [0.4, 0.5) is 0 Å². The van der Waals surface area contributed by atoms with Crippen LogP contribution in [0.3, 0.4) is 0 Å². The molecule has 0 amide bonds. The lowest BCUT2D eigenvalue weighted by Crippen LogP contribution is -2.13. The van der Waals surface area contributed by atoms with E-state index in [1.54, 1.807) is 0 Å². The van der Waals surface area contributed by atoms with Gasteiger partial charge in [-0.1, -0.05) is 6.42 Å². The third-order valence-corrected chi connectivity index (χ3v) is 2.41. The van der Waals surface area contributed by atoms with Crippen molar-refractivity contribution in [3.63, 3.8) is 0 Å². The fourth-order valence-electron chi connectivity index (χ4n) is 1.19. The Morgan fingerprint density at radius 3 is 2.00 bits per heavy atom. The molecule has 1 aliphatic carbocycles. The van der Waals surface area contributed by atoms with Crippen LogP contribution >= 0.6 is 23.2 Å². The first kappa shape index (κ1) is 8.20. The average molecular weight is 204 g/mol. The molecule has 1 fully saturated rings. The lowest BCUT2D eigenvalue weighted by atomic mass is 9.85. The van der Waals surface area contributed by atoms with Gasteiger partial charge in [-0.25, -0.2) is 9.97 Å². The minimum atomic E-state index is 0.192. The summed E-state index contributed by atoms with van der Waals surface area (Å²) in [6.07, 6.45) is 3.51. The van der Waals surface area contributed by atoms with Crippen LogP contribution in [-0.2, 0) is 0 Å². The van der Waals surface area contributed by atoms with Gasteiger partial charge >= 0.3 is 0 Å². The van der Waals surface area contributed by atoms with Crippen molar-refractivity contribution < 1.29 is 0 Å². The average Bonchev–Trinajstić information content (AvgIpc) is 1.79. The summed E-state index contributed by atoms with van der Waals surface area (Å²) in [6.45, 7) is 0. The molecule has 2 rings (SSSR count). The molecule has 0 aliphatic heterocycles. The second-order valence-electron chi connectivity index (χ2n) is 2.86. The van der Waals surface area contributed by atoms with E-state index in [-0.39, 0.29) is 10.6 Å². The maximum absolute atomic E-state index is 5.63. The molecule has 0 radical (unpaired) electrons. The monoisotopic (exact) mass is 203 g/mol. The Labute approximate surface area is 80.2 Å². The van der Waals surface area contributed by atoms with Gasteiger partial charge in [0, 0.05) is 5.92 Å². The SMILES string of the molecule is Clc1nc(Cl)nc(C2CCC2)n1. The maximum atomic E-state index is 5.63. The van der Waals surface area contributed by atoms with Crippen molar-refractivity contribution in [1.82, 2.24) is 15.0 Å². The summed E-state index contributed by atoms with van der Waals surface area (Å²) in [5.41, 5.74) is 0. The second kappa shape index (κ2) is 3.15. The molecular formula is C7H7Cl2N3. The number of rotatable bonds is 1. The van der Waals surface area contributed by atoms with Crippen LogP contribution in [0, 0.1) is 0 Å². The maximum Gasteiger partial charge on any atom is 0.226 e. The van der Waals surface area contributed by atoms with Gasteiger partial charge in [0.15, 0.2) is 0 Å². The molecule has 1 aliphatic rings. The van der Waals surface area contributed by atoms with Gasteiger partial charge in [-0.2, -0.15) is 4.98 Å². The third-order valence-electron chi connectivity index (χ3n) is 2.07. The Bertz CT molecular complexity index is 278. The fourth-order valence-corrected chi connectivity index (χ4v) is 1.57. The summed E-state index contributed by atoms with van der Waals surface area (Å²) in [7, 11) is 0. The van der Waals surface area contributed by atoms with E-state index in [0.29, 0.717) is 5.92 Å². The Morgan fingerprint density at radius 1 is 1.00 bits per heavy atom. The topological polar surface area (TPSA) is 38.7 Å². The van der Waals surface area contributed by atoms with Crippen molar-refractivity contribution in [3.8, 4) is 0 Å². The van der Waals surface area contributed by atoms with Gasteiger partial charge < -0.3 is 0 Å². The highest BCUT2D eigenvalue weighted by Crippen LogP contribution is 2.34. The zero-order chi connectivity index (χ0) is 8.55. The van der Waals surface area contributed by atoms with Crippen LogP contribution in [0.15, 0.2) is 0 Å². The van der Waals surface area contributed by atoms with E-state index in [1.807, 2.05) is 0 Å². The van der Waals surface area contributed by atoms with E-state index < -0.39 is 0 Å². The van der Waals surface area contributed by atoms with E-state index in [9.17, 15) is 0 Å². The summed E-state index contributed by atoms with van der Waals surface area (Å²) in [5.74, 6) is 1.19. The van der Waals surface area contributed by atoms with Gasteiger partial charge in [-0.15, -0.1) is 0 Å². The molecule has 5 heteroatoms. The molecule has 1 aromatic rings. The highest BCUT2D eigenvalue weighted by Gasteiger charge is 2.23. The van der Waals surface area contributed by atoms with Crippen molar-refractivity contribution in [1.29, 1.82) is 0 Å². The predicted molar refractivity (Wildman–Crippen MR) is 46.4 cm³/mol. The third kappa shape index (κ3) is 1.52. The standard InChI is InChI=1S/C7H7Cl2N3/c8-6-10-5(4-2-1-3-4)11-7(9)12-6/h4H,1-3H2. The van der Waals surface area contributed by atoms with Gasteiger partial charge in [0.25, 0.3) is 0 Å². The van der Waals surface area contributed by atoms with Crippen LogP contribution in [0.5, 0.6) is 0 Å². The van der Waals surface area contributed by atoms with Crippen molar-refractivity contribution in [2.45, 2.75) is 25.2 Å². The van der Waals surface area contributed by atoms with Crippen LogP contribution in [-0.4, -0.2) is 15.0 Å². The minimum absolute atomic E-state index is 0.192. The highest BCUT2D eigenvalue weighted by molar-refractivity contribution is 6.31. The first-order chi connectivity index (χ1) is 5.75. The van der Waals surface area contributed by atoms with Gasteiger partial charge in [0.1, 0.15) is 5.82 Å². The summed E-state index contributed by atoms with van der Waals surface area (Å²) in [4.78, 5) is 11.7. The quantitative estimate of drug-likeness (QED) is 0.705. The number of nitrogens with zero attached hydrogens (tertiary/aromatic N) is 3. The largest absolute Gasteiger partial charge is 0.226 e. The zero-order valence-electron chi connectivity index (χ0n) is 6.30. The number of aromatic nitrogens is 3. The number of halogens is 2. The summed E-state index contributed by atoms with van der Waals surface area (Å²) >= 11 is 11.3. The molecule has 0 atom stereocenters. The van der Waals surface area contributed by atoms with E-state index >= 15 is 0 Å². The minimum Gasteiger partial charge on any atom is -0.202 e. The molecule has 0 unspecified atom stereocenters. The Kier molecular flexibility index (Phi) is 2.15. The molecule has 1 aromatic heterocycles. The molecular weight excluding hydrogens is 197 g/mol. The van der Waals surface area contributed by atoms with Gasteiger partial charge in [0.2, 0.25) is 10.6 Å². The van der Waals surface area contributed by atoms with E-state index in [2.05, 4.69) is 15.0 Å². The number of hydrogen-bond donors (Lipinski definition) is 0. The smallest absolute Gasteiger partial charge is 0.202 e. The molecule has 64 valence electrons. The first-order valence-corrected chi connectivity index (χ1v) is 4.58. The summed E-state index contributed by atoms with van der Waals surface area (Å²) in [6, 6.07) is 0. The zero-order valence-corrected chi connectivity index (χ0v) is 7.81. The molecule has 1 heterocycles. The molecule has 12 heavy (non-hydrogen) atoms. The van der Waals surface area contributed by atoms with Crippen molar-refractivity contribution in [3.05, 3.63) is 16.4 Å². The number of hydrogen-bond acceptors (Lipinski definition) is 3. The van der Waals surface area contributed by atoms with Crippen LogP contribution in [0.2, 0.25) is 10.6 Å². The summed E-state index contributed by atoms with van der Waals surface area (Å²) in [5, 5.41) is 0.383. The van der Waals surface area contributed by atoms with Crippen molar-refractivity contribution >= 4 is 23.2 Å². The molecule has 0 aromatic carbocycles. The Balaban J connectivity index is 2.30. The Morgan fingerprint density at radius 2 is 1.58 bits per heavy atom. The first-order valence-electron chi connectivity index (χ1n) is 3.82. The second-order valence-corrected chi connectivity index (χ2v) is 3.54. The molecule has 0 saturated heterocycles. The van der Waals surface area contributed by atoms with Gasteiger partial charge in [0.05, 0.1) is 0 Å². The molecule has 0 spiro atoms.